The largest absolute Gasteiger partial charge is 0.369 e. The molecule has 0 saturated carbocycles. The van der Waals surface area contributed by atoms with Crippen molar-refractivity contribution in [1.29, 1.82) is 5.26 Å². The molecule has 1 N–H and O–H groups in total. The van der Waals surface area contributed by atoms with E-state index in [9.17, 15) is 4.79 Å². The van der Waals surface area contributed by atoms with Crippen LogP contribution in [0.5, 0.6) is 0 Å². The number of carbonyl (C=O) groups is 1. The Balaban J connectivity index is 1.51. The topological polar surface area (TPSA) is 79.3 Å². The number of nitrogens with zero attached hydrogens (tertiary/aromatic N) is 5. The number of fused-ring (bicyclic) bond motifs is 1. The van der Waals surface area contributed by atoms with Gasteiger partial charge in [0.2, 0.25) is 0 Å². The van der Waals surface area contributed by atoms with Gasteiger partial charge in [-0.05, 0) is 30.9 Å². The third-order valence-corrected chi connectivity index (χ3v) is 6.15. The first-order valence-corrected chi connectivity index (χ1v) is 9.67. The zero-order valence-electron chi connectivity index (χ0n) is 15.9. The number of aromatic amines is 1. The number of pyridine rings is 1. The molecule has 2 unspecified atom stereocenters. The summed E-state index contributed by atoms with van der Waals surface area (Å²) in [6.07, 6.45) is 5.51. The molecule has 7 nitrogen and oxygen atoms in total. The number of carbonyl (C=O) groups excluding carboxylic acids is 1. The van der Waals surface area contributed by atoms with Gasteiger partial charge in [0.1, 0.15) is 5.65 Å². The van der Waals surface area contributed by atoms with Crippen molar-refractivity contribution in [2.45, 2.75) is 25.8 Å². The Bertz CT molecular complexity index is 871. The lowest BCUT2D eigenvalue weighted by atomic mass is 9.92. The normalized spacial score (nSPS) is 25.6. The van der Waals surface area contributed by atoms with Gasteiger partial charge in [-0.3, -0.25) is 0 Å². The summed E-state index contributed by atoms with van der Waals surface area (Å²) in [6, 6.07) is 6.72. The predicted molar refractivity (Wildman–Crippen MR) is 104 cm³/mol. The van der Waals surface area contributed by atoms with Crippen LogP contribution in [0.15, 0.2) is 24.5 Å². The molecular formula is C20H26N6O. The molecule has 4 rings (SSSR count). The lowest BCUT2D eigenvalue weighted by Gasteiger charge is -2.43. The second-order valence-electron chi connectivity index (χ2n) is 7.80. The molecule has 2 aliphatic heterocycles. The van der Waals surface area contributed by atoms with E-state index in [0.717, 1.165) is 36.1 Å². The fraction of sp³-hybridized carbons (Fsp3) is 0.550. The molecule has 4 heterocycles. The molecule has 2 aromatic heterocycles. The zero-order valence-corrected chi connectivity index (χ0v) is 15.9. The fourth-order valence-electron chi connectivity index (χ4n) is 4.40. The standard InChI is InChI=1S/C20H26N6O/c1-14-5-9-26(20(27)25-10-6-15(11-21)12-25)13-18(14)24(2)17-4-8-23-19-16(17)3-7-22-19/h3-4,7-8,14-15,18H,5-6,9-10,12-13H2,1-2H3,(H,22,23)/t14-,15?,18?/m1/s1. The molecule has 0 radical (unpaired) electrons. The van der Waals surface area contributed by atoms with Crippen molar-refractivity contribution in [2.24, 2.45) is 11.8 Å². The van der Waals surface area contributed by atoms with Gasteiger partial charge in [0, 0.05) is 62.7 Å². The first-order chi connectivity index (χ1) is 13.1. The number of urea groups is 1. The lowest BCUT2D eigenvalue weighted by molar-refractivity contribution is 0.132. The van der Waals surface area contributed by atoms with E-state index in [1.54, 1.807) is 0 Å². The molecule has 2 amide bonds. The highest BCUT2D eigenvalue weighted by atomic mass is 16.2. The number of likely N-dealkylation sites (N-methyl/N-ethyl adjacent to an activating group) is 1. The molecule has 0 aliphatic carbocycles. The summed E-state index contributed by atoms with van der Waals surface area (Å²) in [6.45, 7) is 5.01. The highest BCUT2D eigenvalue weighted by Crippen LogP contribution is 2.31. The molecule has 3 atom stereocenters. The van der Waals surface area contributed by atoms with Gasteiger partial charge in [-0.25, -0.2) is 9.78 Å². The van der Waals surface area contributed by atoms with E-state index in [2.05, 4.69) is 41.0 Å². The Kier molecular flexibility index (Phi) is 4.65. The average molecular weight is 366 g/mol. The smallest absolute Gasteiger partial charge is 0.320 e. The van der Waals surface area contributed by atoms with E-state index in [4.69, 9.17) is 5.26 Å². The van der Waals surface area contributed by atoms with Crippen LogP contribution < -0.4 is 4.90 Å². The van der Waals surface area contributed by atoms with Gasteiger partial charge in [-0.15, -0.1) is 0 Å². The van der Waals surface area contributed by atoms with E-state index in [1.165, 1.54) is 0 Å². The first kappa shape index (κ1) is 17.7. The number of hydrogen-bond acceptors (Lipinski definition) is 4. The molecule has 2 aromatic rings. The molecule has 7 heteroatoms. The van der Waals surface area contributed by atoms with Gasteiger partial charge in [0.15, 0.2) is 0 Å². The number of H-pyrrole nitrogens is 1. The van der Waals surface area contributed by atoms with Crippen molar-refractivity contribution in [2.75, 3.05) is 38.1 Å². The Morgan fingerprint density at radius 1 is 1.30 bits per heavy atom. The number of anilines is 1. The SMILES string of the molecule is C[C@@H]1CCN(C(=O)N2CCC(C#N)C2)CC1N(C)c1ccnc2[nH]ccc12. The maximum Gasteiger partial charge on any atom is 0.320 e. The van der Waals surface area contributed by atoms with Crippen molar-refractivity contribution in [1.82, 2.24) is 19.8 Å². The summed E-state index contributed by atoms with van der Waals surface area (Å²) >= 11 is 0. The van der Waals surface area contributed by atoms with E-state index in [1.807, 2.05) is 28.3 Å². The summed E-state index contributed by atoms with van der Waals surface area (Å²) in [4.78, 5) is 26.6. The number of amides is 2. The number of rotatable bonds is 2. The van der Waals surface area contributed by atoms with Gasteiger partial charge in [0.05, 0.1) is 12.0 Å². The van der Waals surface area contributed by atoms with E-state index in [-0.39, 0.29) is 18.0 Å². The predicted octanol–water partition coefficient (Wildman–Crippen LogP) is 2.67. The maximum absolute atomic E-state index is 13.0. The number of nitriles is 1. The molecule has 0 aromatic carbocycles. The summed E-state index contributed by atoms with van der Waals surface area (Å²) in [5.41, 5.74) is 2.02. The minimum atomic E-state index is -0.0187. The van der Waals surface area contributed by atoms with Gasteiger partial charge in [-0.2, -0.15) is 5.26 Å². The van der Waals surface area contributed by atoms with Crippen molar-refractivity contribution >= 4 is 22.8 Å². The fourth-order valence-corrected chi connectivity index (χ4v) is 4.40. The molecule has 2 fully saturated rings. The Morgan fingerprint density at radius 3 is 2.85 bits per heavy atom. The number of likely N-dealkylation sites (tertiary alicyclic amines) is 2. The van der Waals surface area contributed by atoms with Gasteiger partial charge >= 0.3 is 6.03 Å². The van der Waals surface area contributed by atoms with Crippen molar-refractivity contribution in [3.8, 4) is 6.07 Å². The van der Waals surface area contributed by atoms with E-state index in [0.29, 0.717) is 25.6 Å². The average Bonchev–Trinajstić information content (AvgIpc) is 3.36. The molecular weight excluding hydrogens is 340 g/mol. The highest BCUT2D eigenvalue weighted by Gasteiger charge is 2.36. The first-order valence-electron chi connectivity index (χ1n) is 9.67. The Morgan fingerprint density at radius 2 is 2.07 bits per heavy atom. The van der Waals surface area contributed by atoms with Crippen molar-refractivity contribution in [3.63, 3.8) is 0 Å². The van der Waals surface area contributed by atoms with Crippen LogP contribution in [0.1, 0.15) is 19.8 Å². The van der Waals surface area contributed by atoms with Crippen LogP contribution in [-0.4, -0.2) is 65.1 Å². The quantitative estimate of drug-likeness (QED) is 0.886. The third kappa shape index (κ3) is 3.20. The number of piperidine rings is 1. The summed E-state index contributed by atoms with van der Waals surface area (Å²) in [5, 5.41) is 10.2. The zero-order chi connectivity index (χ0) is 19.0. The van der Waals surface area contributed by atoms with Crippen LogP contribution in [0, 0.1) is 23.2 Å². The summed E-state index contributed by atoms with van der Waals surface area (Å²) in [7, 11) is 2.11. The molecule has 0 spiro atoms. The minimum Gasteiger partial charge on any atom is -0.369 e. The van der Waals surface area contributed by atoms with Gasteiger partial charge in [0.25, 0.3) is 0 Å². The van der Waals surface area contributed by atoms with Crippen molar-refractivity contribution < 1.29 is 4.79 Å². The van der Waals surface area contributed by atoms with E-state index < -0.39 is 0 Å². The lowest BCUT2D eigenvalue weighted by Crippen LogP contribution is -2.55. The summed E-state index contributed by atoms with van der Waals surface area (Å²) in [5.74, 6) is 0.474. The van der Waals surface area contributed by atoms with Crippen LogP contribution in [-0.2, 0) is 0 Å². The number of nitrogens with one attached hydrogen (secondary N) is 1. The highest BCUT2D eigenvalue weighted by molar-refractivity contribution is 5.89. The molecule has 2 aliphatic rings. The second kappa shape index (κ2) is 7.10. The molecule has 142 valence electrons. The van der Waals surface area contributed by atoms with Gasteiger partial charge < -0.3 is 19.7 Å². The van der Waals surface area contributed by atoms with Crippen LogP contribution >= 0.6 is 0 Å². The third-order valence-electron chi connectivity index (χ3n) is 6.15. The molecule has 27 heavy (non-hydrogen) atoms. The van der Waals surface area contributed by atoms with Crippen LogP contribution in [0.2, 0.25) is 0 Å². The van der Waals surface area contributed by atoms with Gasteiger partial charge in [-0.1, -0.05) is 6.92 Å². The van der Waals surface area contributed by atoms with Crippen molar-refractivity contribution in [3.05, 3.63) is 24.5 Å². The van der Waals surface area contributed by atoms with Crippen LogP contribution in [0.3, 0.4) is 0 Å². The Hall–Kier alpha value is -2.75. The summed E-state index contributed by atoms with van der Waals surface area (Å²) < 4.78 is 0. The number of aromatic nitrogens is 2. The minimum absolute atomic E-state index is 0.0187. The number of hydrogen-bond donors (Lipinski definition) is 1. The maximum atomic E-state index is 13.0. The second-order valence-corrected chi connectivity index (χ2v) is 7.80. The monoisotopic (exact) mass is 366 g/mol. The van der Waals surface area contributed by atoms with E-state index >= 15 is 0 Å². The molecule has 2 saturated heterocycles. The van der Waals surface area contributed by atoms with Crippen LogP contribution in [0.25, 0.3) is 11.0 Å². The van der Waals surface area contributed by atoms with Crippen LogP contribution in [0.4, 0.5) is 10.5 Å². The molecule has 0 bridgehead atoms. The Labute approximate surface area is 159 Å².